The Kier molecular flexibility index (Phi) is 6.97. The summed E-state index contributed by atoms with van der Waals surface area (Å²) in [6, 6.07) is 4.64. The van der Waals surface area contributed by atoms with Crippen LogP contribution in [0.15, 0.2) is 35.1 Å². The van der Waals surface area contributed by atoms with Gasteiger partial charge in [0.05, 0.1) is 24.4 Å². The van der Waals surface area contributed by atoms with Crippen molar-refractivity contribution in [1.29, 1.82) is 0 Å². The van der Waals surface area contributed by atoms with E-state index in [9.17, 15) is 39.9 Å². The van der Waals surface area contributed by atoms with E-state index in [4.69, 9.17) is 4.74 Å². The number of carbonyl (C=O) groups is 3. The third kappa shape index (κ3) is 3.97. The Balaban J connectivity index is 1.71. The second kappa shape index (κ2) is 9.87. The smallest absolute Gasteiger partial charge is 0.202 e. The SMILES string of the molecule is CC(=O)C1=C(O)[C@]2(O)C(=O)C3=C(O)c4c(O)cccc4[C@@H](COC4CCCCC4)[C@@H]3[C@@H](O)[C@@H]2C(C(C)C)C1=O. The van der Waals surface area contributed by atoms with Gasteiger partial charge in [-0.2, -0.15) is 0 Å². The van der Waals surface area contributed by atoms with Crippen LogP contribution in [0.25, 0.3) is 5.76 Å². The molecule has 0 amide bonds. The number of benzene rings is 1. The Morgan fingerprint density at radius 1 is 1.10 bits per heavy atom. The first-order valence-corrected chi connectivity index (χ1v) is 13.7. The van der Waals surface area contributed by atoms with E-state index in [2.05, 4.69) is 0 Å². The molecule has 0 heterocycles. The van der Waals surface area contributed by atoms with Crippen LogP contribution in [0.2, 0.25) is 0 Å². The summed E-state index contributed by atoms with van der Waals surface area (Å²) in [6.45, 7) is 4.49. The lowest BCUT2D eigenvalue weighted by molar-refractivity contribution is -0.172. The van der Waals surface area contributed by atoms with Crippen molar-refractivity contribution in [2.45, 2.75) is 76.6 Å². The maximum atomic E-state index is 14.2. The van der Waals surface area contributed by atoms with Crippen LogP contribution in [0.1, 0.15) is 69.9 Å². The molecular weight excluding hydrogens is 504 g/mol. The first-order chi connectivity index (χ1) is 18.4. The van der Waals surface area contributed by atoms with Crippen LogP contribution in [0, 0.1) is 23.7 Å². The van der Waals surface area contributed by atoms with Crippen LogP contribution in [0.4, 0.5) is 0 Å². The highest BCUT2D eigenvalue weighted by molar-refractivity contribution is 6.24. The number of rotatable bonds is 5. The second-order valence-electron chi connectivity index (χ2n) is 11.8. The number of aliphatic hydroxyl groups is 4. The molecule has 4 aliphatic carbocycles. The minimum Gasteiger partial charge on any atom is -0.508 e. The number of aliphatic hydroxyl groups excluding tert-OH is 3. The van der Waals surface area contributed by atoms with E-state index in [0.717, 1.165) is 39.0 Å². The van der Waals surface area contributed by atoms with E-state index in [-0.39, 0.29) is 29.6 Å². The van der Waals surface area contributed by atoms with Crippen molar-refractivity contribution in [2.75, 3.05) is 6.61 Å². The molecule has 0 bridgehead atoms. The zero-order chi connectivity index (χ0) is 28.4. The van der Waals surface area contributed by atoms with Crippen LogP contribution in [-0.4, -0.2) is 67.3 Å². The Morgan fingerprint density at radius 3 is 2.38 bits per heavy atom. The molecule has 5 N–H and O–H groups in total. The number of hydrogen-bond acceptors (Lipinski definition) is 9. The lowest BCUT2D eigenvalue weighted by Crippen LogP contribution is -2.67. The van der Waals surface area contributed by atoms with Gasteiger partial charge in [0, 0.05) is 29.2 Å². The van der Waals surface area contributed by atoms with Gasteiger partial charge in [-0.05, 0) is 37.3 Å². The highest BCUT2D eigenvalue weighted by Crippen LogP contribution is 2.57. The number of phenolic OH excluding ortho intramolecular Hbond substituents is 1. The Hall–Kier alpha value is -3.01. The molecule has 0 aliphatic heterocycles. The van der Waals surface area contributed by atoms with Gasteiger partial charge in [0.15, 0.2) is 17.2 Å². The number of ketones is 3. The molecule has 1 aromatic carbocycles. The first kappa shape index (κ1) is 27.6. The molecule has 6 atom stereocenters. The summed E-state index contributed by atoms with van der Waals surface area (Å²) in [6.07, 6.45) is 3.34. The Morgan fingerprint density at radius 2 is 1.77 bits per heavy atom. The first-order valence-electron chi connectivity index (χ1n) is 13.7. The molecule has 0 spiro atoms. The topological polar surface area (TPSA) is 162 Å². The van der Waals surface area contributed by atoms with Crippen LogP contribution < -0.4 is 0 Å². The van der Waals surface area contributed by atoms with Crippen molar-refractivity contribution in [3.8, 4) is 5.75 Å². The number of Topliss-reactive ketones (excluding diaryl/α,β-unsaturated/α-hetero) is 3. The zero-order valence-electron chi connectivity index (χ0n) is 22.4. The van der Waals surface area contributed by atoms with Crippen molar-refractivity contribution in [1.82, 2.24) is 0 Å². The third-order valence-electron chi connectivity index (χ3n) is 9.21. The van der Waals surface area contributed by atoms with Crippen molar-refractivity contribution >= 4 is 23.1 Å². The maximum Gasteiger partial charge on any atom is 0.202 e. The molecule has 5 rings (SSSR count). The third-order valence-corrected chi connectivity index (χ3v) is 9.21. The van der Waals surface area contributed by atoms with Crippen LogP contribution in [0.5, 0.6) is 5.75 Å². The van der Waals surface area contributed by atoms with Crippen molar-refractivity contribution < 1.29 is 44.7 Å². The van der Waals surface area contributed by atoms with E-state index in [1.165, 1.54) is 6.07 Å². The second-order valence-corrected chi connectivity index (χ2v) is 11.8. The fraction of sp³-hybridized carbons (Fsp3) is 0.567. The van der Waals surface area contributed by atoms with E-state index < -0.39 is 75.7 Å². The lowest BCUT2D eigenvalue weighted by atomic mass is 9.51. The van der Waals surface area contributed by atoms with Gasteiger partial charge >= 0.3 is 0 Å². The summed E-state index contributed by atoms with van der Waals surface area (Å²) in [5, 5.41) is 57.0. The number of phenols is 1. The predicted molar refractivity (Wildman–Crippen MR) is 140 cm³/mol. The predicted octanol–water partition coefficient (Wildman–Crippen LogP) is 3.27. The fourth-order valence-electron chi connectivity index (χ4n) is 7.40. The number of fused-ring (bicyclic) bond motifs is 3. The molecule has 2 saturated carbocycles. The average molecular weight is 541 g/mol. The van der Waals surface area contributed by atoms with Gasteiger partial charge in [-0.25, -0.2) is 0 Å². The molecule has 210 valence electrons. The van der Waals surface area contributed by atoms with Gasteiger partial charge in [-0.1, -0.05) is 45.2 Å². The van der Waals surface area contributed by atoms with Crippen molar-refractivity contribution in [3.05, 3.63) is 46.2 Å². The van der Waals surface area contributed by atoms with E-state index in [1.807, 2.05) is 0 Å². The lowest BCUT2D eigenvalue weighted by Gasteiger charge is -2.54. The Labute approximate surface area is 226 Å². The van der Waals surface area contributed by atoms with Gasteiger partial charge < -0.3 is 30.3 Å². The Bertz CT molecular complexity index is 1290. The van der Waals surface area contributed by atoms with Gasteiger partial charge in [0.25, 0.3) is 0 Å². The average Bonchev–Trinajstić information content (AvgIpc) is 2.88. The summed E-state index contributed by atoms with van der Waals surface area (Å²) in [5.41, 5.74) is -3.39. The zero-order valence-corrected chi connectivity index (χ0v) is 22.4. The summed E-state index contributed by atoms with van der Waals surface area (Å²) in [5.74, 6) is -9.61. The van der Waals surface area contributed by atoms with E-state index in [0.29, 0.717) is 5.56 Å². The highest BCUT2D eigenvalue weighted by Gasteiger charge is 2.68. The standard InChI is InChI=1S/C30H36O9/c1-13(2)19-24-27(35)22-17(12-39-15-8-5-4-6-9-15)16-10-7-11-18(32)21(16)26(34)23(22)29(37)30(24,38)28(36)20(14(3)31)25(19)33/h7,10-11,13,15,17,19,22,24,27,32,34-36,38H,4-6,8-9,12H2,1-3H3/t17-,19?,22+,24+,27-,30+/m1/s1. The van der Waals surface area contributed by atoms with Crippen LogP contribution in [0.3, 0.4) is 0 Å². The minimum atomic E-state index is -2.82. The largest absolute Gasteiger partial charge is 0.508 e. The summed E-state index contributed by atoms with van der Waals surface area (Å²) >= 11 is 0. The molecule has 9 heteroatoms. The van der Waals surface area contributed by atoms with Gasteiger partial charge in [-0.3, -0.25) is 14.4 Å². The van der Waals surface area contributed by atoms with Crippen molar-refractivity contribution in [3.63, 3.8) is 0 Å². The molecular formula is C30H36O9. The van der Waals surface area contributed by atoms with Gasteiger partial charge in [-0.15, -0.1) is 0 Å². The molecule has 0 saturated heterocycles. The molecule has 1 aromatic rings. The summed E-state index contributed by atoms with van der Waals surface area (Å²) in [7, 11) is 0. The van der Waals surface area contributed by atoms with Crippen molar-refractivity contribution in [2.24, 2.45) is 23.7 Å². The highest BCUT2D eigenvalue weighted by atomic mass is 16.5. The van der Waals surface area contributed by atoms with Crippen LogP contribution >= 0.6 is 0 Å². The van der Waals surface area contributed by atoms with Gasteiger partial charge in [0.2, 0.25) is 5.78 Å². The number of ether oxygens (including phenoxy) is 1. The molecule has 4 aliphatic rings. The summed E-state index contributed by atoms with van der Waals surface area (Å²) < 4.78 is 6.27. The number of hydrogen-bond donors (Lipinski definition) is 5. The minimum absolute atomic E-state index is 0.00819. The molecule has 9 nitrogen and oxygen atoms in total. The normalized spacial score (nSPS) is 33.2. The van der Waals surface area contributed by atoms with Crippen LogP contribution in [-0.2, 0) is 19.1 Å². The molecule has 39 heavy (non-hydrogen) atoms. The monoisotopic (exact) mass is 540 g/mol. The quantitative estimate of drug-likeness (QED) is 0.353. The molecule has 0 aromatic heterocycles. The fourth-order valence-corrected chi connectivity index (χ4v) is 7.40. The van der Waals surface area contributed by atoms with E-state index >= 15 is 0 Å². The number of carbonyl (C=O) groups excluding carboxylic acids is 3. The molecule has 2 fully saturated rings. The number of allylic oxidation sites excluding steroid dienone is 1. The van der Waals surface area contributed by atoms with E-state index in [1.54, 1.807) is 26.0 Å². The summed E-state index contributed by atoms with van der Waals surface area (Å²) in [4.78, 5) is 40.0. The maximum absolute atomic E-state index is 14.2. The van der Waals surface area contributed by atoms with Gasteiger partial charge in [0.1, 0.15) is 22.8 Å². The molecule has 0 radical (unpaired) electrons. The number of aromatic hydroxyl groups is 1. The molecule has 1 unspecified atom stereocenters.